The molecule has 0 atom stereocenters. The molecule has 2 nitrogen and oxygen atoms in total. The minimum absolute atomic E-state index is 0.109. The third-order valence-electron chi connectivity index (χ3n) is 3.50. The second-order valence-electron chi connectivity index (χ2n) is 6.31. The van der Waals surface area contributed by atoms with Crippen molar-refractivity contribution in [2.45, 2.75) is 45.8 Å². The van der Waals surface area contributed by atoms with E-state index >= 15 is 0 Å². The molecule has 0 radical (unpaired) electrons. The Morgan fingerprint density at radius 1 is 1.24 bits per heavy atom. The van der Waals surface area contributed by atoms with E-state index in [1.54, 1.807) is 6.07 Å². The molecule has 1 aromatic rings. The zero-order valence-electron chi connectivity index (χ0n) is 12.1. The topological polar surface area (TPSA) is 29.4 Å². The highest BCUT2D eigenvalue weighted by Gasteiger charge is 2.31. The van der Waals surface area contributed by atoms with Gasteiger partial charge in [-0.3, -0.25) is 9.79 Å². The first-order chi connectivity index (χ1) is 9.66. The van der Waals surface area contributed by atoms with Crippen LogP contribution in [0.4, 0.5) is 13.2 Å². The number of hydrogen-bond acceptors (Lipinski definition) is 2. The average Bonchev–Trinajstić information content (AvgIpc) is 2.33. The van der Waals surface area contributed by atoms with E-state index < -0.39 is 11.7 Å². The summed E-state index contributed by atoms with van der Waals surface area (Å²) in [4.78, 5) is 16.0. The van der Waals surface area contributed by atoms with Crippen LogP contribution in [-0.2, 0) is 17.5 Å². The van der Waals surface area contributed by atoms with Gasteiger partial charge in [0.05, 0.1) is 12.1 Å². The van der Waals surface area contributed by atoms with Crippen molar-refractivity contribution in [3.8, 4) is 0 Å². The summed E-state index contributed by atoms with van der Waals surface area (Å²) < 4.78 is 37.9. The molecule has 0 saturated heterocycles. The third-order valence-corrected chi connectivity index (χ3v) is 3.50. The Kier molecular flexibility index (Phi) is 4.21. The normalized spacial score (nSPS) is 20.8. The highest BCUT2D eigenvalue weighted by atomic mass is 19.4. The molecule has 1 aliphatic rings. The lowest BCUT2D eigenvalue weighted by molar-refractivity contribution is -0.137. The number of carbonyl (C=O) groups excluding carboxylic acids is 1. The van der Waals surface area contributed by atoms with Crippen molar-refractivity contribution < 1.29 is 18.0 Å². The number of benzene rings is 1. The van der Waals surface area contributed by atoms with Gasteiger partial charge in [-0.05, 0) is 29.5 Å². The fraction of sp³-hybridized carbons (Fsp3) is 0.500. The lowest BCUT2D eigenvalue weighted by Gasteiger charge is -2.29. The lowest BCUT2D eigenvalue weighted by Crippen LogP contribution is -2.29. The monoisotopic (exact) mass is 297 g/mol. The largest absolute Gasteiger partial charge is 0.416 e. The molecule has 0 heterocycles. The highest BCUT2D eigenvalue weighted by Crippen LogP contribution is 2.32. The van der Waals surface area contributed by atoms with Crippen molar-refractivity contribution in [1.82, 2.24) is 0 Å². The van der Waals surface area contributed by atoms with Crippen LogP contribution < -0.4 is 0 Å². The second kappa shape index (κ2) is 5.62. The molecule has 21 heavy (non-hydrogen) atoms. The van der Waals surface area contributed by atoms with E-state index in [1.165, 1.54) is 6.07 Å². The summed E-state index contributed by atoms with van der Waals surface area (Å²) in [5, 5.41) is 0. The predicted molar refractivity (Wildman–Crippen MR) is 75.2 cm³/mol. The first-order valence-electron chi connectivity index (χ1n) is 6.86. The summed E-state index contributed by atoms with van der Waals surface area (Å²) in [5.41, 5.74) is 0.518. The van der Waals surface area contributed by atoms with Crippen molar-refractivity contribution in [2.75, 3.05) is 0 Å². The van der Waals surface area contributed by atoms with Crippen molar-refractivity contribution >= 4 is 11.5 Å². The third kappa shape index (κ3) is 4.41. The number of rotatable bonds is 2. The first-order valence-corrected chi connectivity index (χ1v) is 6.86. The summed E-state index contributed by atoms with van der Waals surface area (Å²) in [5.74, 6) is 0.147. The number of ketones is 1. The van der Waals surface area contributed by atoms with Crippen LogP contribution >= 0.6 is 0 Å². The van der Waals surface area contributed by atoms with Gasteiger partial charge in [0.2, 0.25) is 0 Å². The first kappa shape index (κ1) is 15.7. The standard InChI is InChI=1S/C16H18F3NO/c1-15(2)8-13(7-14(21)9-15)20-10-11-4-3-5-12(6-11)16(17,18)19/h3-6H,7-10H2,1-2H3. The molecule has 1 fully saturated rings. The molecule has 0 amide bonds. The van der Waals surface area contributed by atoms with Crippen LogP contribution in [0.2, 0.25) is 0 Å². The maximum absolute atomic E-state index is 12.6. The van der Waals surface area contributed by atoms with E-state index in [9.17, 15) is 18.0 Å². The fourth-order valence-corrected chi connectivity index (χ4v) is 2.66. The number of nitrogens with zero attached hydrogens (tertiary/aromatic N) is 1. The molecule has 0 aliphatic heterocycles. The Morgan fingerprint density at radius 3 is 2.57 bits per heavy atom. The van der Waals surface area contributed by atoms with Gasteiger partial charge in [0.25, 0.3) is 0 Å². The fourth-order valence-electron chi connectivity index (χ4n) is 2.66. The molecule has 0 unspecified atom stereocenters. The van der Waals surface area contributed by atoms with Gasteiger partial charge < -0.3 is 0 Å². The lowest BCUT2D eigenvalue weighted by atomic mass is 9.76. The number of alkyl halides is 3. The minimum atomic E-state index is -4.34. The number of carbonyl (C=O) groups is 1. The average molecular weight is 297 g/mol. The second-order valence-corrected chi connectivity index (χ2v) is 6.31. The van der Waals surface area contributed by atoms with E-state index in [1.807, 2.05) is 13.8 Å². The number of Topliss-reactive ketones (excluding diaryl/α,β-unsaturated/α-hetero) is 1. The summed E-state index contributed by atoms with van der Waals surface area (Å²) in [7, 11) is 0. The predicted octanol–water partition coefficient (Wildman–Crippen LogP) is 4.43. The number of halogens is 3. The van der Waals surface area contributed by atoms with Crippen molar-refractivity contribution in [1.29, 1.82) is 0 Å². The molecule has 1 saturated carbocycles. The molecule has 5 heteroatoms. The zero-order valence-corrected chi connectivity index (χ0v) is 12.1. The molecule has 0 N–H and O–H groups in total. The van der Waals surface area contributed by atoms with Crippen LogP contribution in [0.5, 0.6) is 0 Å². The van der Waals surface area contributed by atoms with Gasteiger partial charge in [-0.2, -0.15) is 13.2 Å². The summed E-state index contributed by atoms with van der Waals surface area (Å²) in [6.07, 6.45) is -2.76. The van der Waals surface area contributed by atoms with Crippen LogP contribution in [0.3, 0.4) is 0 Å². The van der Waals surface area contributed by atoms with Crippen LogP contribution in [0.25, 0.3) is 0 Å². The zero-order chi connectivity index (χ0) is 15.7. The molecular weight excluding hydrogens is 279 g/mol. The van der Waals surface area contributed by atoms with Crippen LogP contribution in [0.1, 0.15) is 44.2 Å². The quantitative estimate of drug-likeness (QED) is 0.794. The molecule has 1 aliphatic carbocycles. The maximum atomic E-state index is 12.6. The Labute approximate surface area is 122 Å². The Bertz CT molecular complexity index is 573. The van der Waals surface area contributed by atoms with Crippen LogP contribution in [0.15, 0.2) is 29.3 Å². The number of hydrogen-bond donors (Lipinski definition) is 0. The van der Waals surface area contributed by atoms with Gasteiger partial charge in [0, 0.05) is 18.6 Å². The van der Waals surface area contributed by atoms with Gasteiger partial charge >= 0.3 is 6.18 Å². The van der Waals surface area contributed by atoms with Gasteiger partial charge in [0.1, 0.15) is 5.78 Å². The smallest absolute Gasteiger partial charge is 0.299 e. The Morgan fingerprint density at radius 2 is 1.95 bits per heavy atom. The van der Waals surface area contributed by atoms with Gasteiger partial charge in [-0.25, -0.2) is 0 Å². The molecule has 1 aromatic carbocycles. The minimum Gasteiger partial charge on any atom is -0.299 e. The van der Waals surface area contributed by atoms with E-state index in [2.05, 4.69) is 4.99 Å². The molecule has 0 spiro atoms. The maximum Gasteiger partial charge on any atom is 0.416 e. The van der Waals surface area contributed by atoms with Gasteiger partial charge in [-0.15, -0.1) is 0 Å². The Hall–Kier alpha value is -1.65. The van der Waals surface area contributed by atoms with Gasteiger partial charge in [0.15, 0.2) is 0 Å². The molecule has 114 valence electrons. The van der Waals surface area contributed by atoms with Crippen molar-refractivity contribution in [2.24, 2.45) is 10.4 Å². The summed E-state index contributed by atoms with van der Waals surface area (Å²) in [6, 6.07) is 5.16. The summed E-state index contributed by atoms with van der Waals surface area (Å²) in [6.45, 7) is 4.19. The molecular formula is C16H18F3NO. The SMILES string of the molecule is CC1(C)CC(=O)CC(=NCc2cccc(C(F)(F)F)c2)C1. The van der Waals surface area contributed by atoms with Crippen LogP contribution in [0, 0.1) is 5.41 Å². The Balaban J connectivity index is 2.12. The highest BCUT2D eigenvalue weighted by molar-refractivity contribution is 6.04. The van der Waals surface area contributed by atoms with E-state index in [4.69, 9.17) is 0 Å². The van der Waals surface area contributed by atoms with E-state index in [0.717, 1.165) is 24.3 Å². The van der Waals surface area contributed by atoms with Gasteiger partial charge in [-0.1, -0.05) is 26.0 Å². The van der Waals surface area contributed by atoms with Crippen molar-refractivity contribution in [3.05, 3.63) is 35.4 Å². The molecule has 2 rings (SSSR count). The van der Waals surface area contributed by atoms with E-state index in [-0.39, 0.29) is 17.7 Å². The molecule has 0 aromatic heterocycles. The number of aliphatic imine (C=N–C) groups is 1. The summed E-state index contributed by atoms with van der Waals surface area (Å²) >= 11 is 0. The molecule has 0 bridgehead atoms. The van der Waals surface area contributed by atoms with Crippen molar-refractivity contribution in [3.63, 3.8) is 0 Å². The van der Waals surface area contributed by atoms with Crippen LogP contribution in [-0.4, -0.2) is 11.5 Å². The van der Waals surface area contributed by atoms with E-state index in [0.29, 0.717) is 18.4 Å².